The summed E-state index contributed by atoms with van der Waals surface area (Å²) in [6.07, 6.45) is 0. The van der Waals surface area contributed by atoms with Crippen LogP contribution in [-0.4, -0.2) is 47.2 Å². The van der Waals surface area contributed by atoms with Gasteiger partial charge < -0.3 is 33.7 Å². The molecule has 2 aromatic rings. The maximum Gasteiger partial charge on any atom is 0.255 e. The lowest BCUT2D eigenvalue weighted by Crippen LogP contribution is -2.28. The summed E-state index contributed by atoms with van der Waals surface area (Å²) in [7, 11) is 4.47. The predicted octanol–water partition coefficient (Wildman–Crippen LogP) is 2.25. The second-order valence-electron chi connectivity index (χ2n) is 5.50. The van der Waals surface area contributed by atoms with Gasteiger partial charge in [0.05, 0.1) is 33.4 Å². The summed E-state index contributed by atoms with van der Waals surface area (Å²) in [6.45, 7) is 0.813. The van der Waals surface area contributed by atoms with Gasteiger partial charge in [0.25, 0.3) is 5.91 Å². The van der Waals surface area contributed by atoms with Gasteiger partial charge >= 0.3 is 0 Å². The summed E-state index contributed by atoms with van der Waals surface area (Å²) in [5.74, 6) is 2.83. The van der Waals surface area contributed by atoms with E-state index in [1.165, 1.54) is 21.3 Å². The molecule has 1 amide bonds. The van der Waals surface area contributed by atoms with Gasteiger partial charge in [-0.05, 0) is 24.3 Å². The van der Waals surface area contributed by atoms with Crippen LogP contribution in [0.5, 0.6) is 34.5 Å². The van der Waals surface area contributed by atoms with E-state index in [-0.39, 0.29) is 12.7 Å². The van der Waals surface area contributed by atoms with Crippen molar-refractivity contribution in [3.05, 3.63) is 35.9 Å². The Morgan fingerprint density at radius 1 is 1.00 bits per heavy atom. The van der Waals surface area contributed by atoms with Gasteiger partial charge in [0, 0.05) is 6.07 Å². The van der Waals surface area contributed by atoms with Crippen LogP contribution in [0.4, 0.5) is 0 Å². The maximum absolute atomic E-state index is 12.5. The molecule has 0 spiro atoms. The SMILES string of the molecule is COc1ccc(C(=O)NCCOc2ccc3c(c2)OCO3)c(OC)c1OC. The zero-order valence-corrected chi connectivity index (χ0v) is 15.4. The fraction of sp³-hybridized carbons (Fsp3) is 0.316. The fourth-order valence-electron chi connectivity index (χ4n) is 2.68. The second-order valence-corrected chi connectivity index (χ2v) is 5.50. The highest BCUT2D eigenvalue weighted by Gasteiger charge is 2.20. The van der Waals surface area contributed by atoms with Gasteiger partial charge in [0.15, 0.2) is 23.0 Å². The van der Waals surface area contributed by atoms with Crippen LogP contribution in [0.2, 0.25) is 0 Å². The average molecular weight is 375 g/mol. The number of fused-ring (bicyclic) bond motifs is 1. The minimum atomic E-state index is -0.304. The fourth-order valence-corrected chi connectivity index (χ4v) is 2.68. The molecule has 0 unspecified atom stereocenters. The molecule has 0 saturated heterocycles. The van der Waals surface area contributed by atoms with Gasteiger partial charge in [-0.15, -0.1) is 0 Å². The Kier molecular flexibility index (Phi) is 5.75. The van der Waals surface area contributed by atoms with Crippen LogP contribution in [-0.2, 0) is 0 Å². The lowest BCUT2D eigenvalue weighted by molar-refractivity contribution is 0.0943. The topological polar surface area (TPSA) is 84.5 Å². The second kappa shape index (κ2) is 8.39. The van der Waals surface area contributed by atoms with E-state index in [9.17, 15) is 4.79 Å². The molecule has 1 aliphatic heterocycles. The lowest BCUT2D eigenvalue weighted by Gasteiger charge is -2.15. The van der Waals surface area contributed by atoms with Crippen LogP contribution < -0.4 is 33.7 Å². The first-order chi connectivity index (χ1) is 13.2. The van der Waals surface area contributed by atoms with E-state index in [0.29, 0.717) is 53.2 Å². The normalized spacial score (nSPS) is 11.7. The first-order valence-electron chi connectivity index (χ1n) is 8.27. The Hall–Kier alpha value is -3.29. The first kappa shape index (κ1) is 18.5. The number of amides is 1. The Morgan fingerprint density at radius 2 is 1.78 bits per heavy atom. The van der Waals surface area contributed by atoms with E-state index >= 15 is 0 Å². The van der Waals surface area contributed by atoms with Gasteiger partial charge in [0.2, 0.25) is 12.5 Å². The number of rotatable bonds is 8. The van der Waals surface area contributed by atoms with E-state index in [0.717, 1.165) is 0 Å². The largest absolute Gasteiger partial charge is 0.493 e. The molecule has 0 radical (unpaired) electrons. The van der Waals surface area contributed by atoms with E-state index in [1.54, 1.807) is 30.3 Å². The van der Waals surface area contributed by atoms with E-state index in [1.807, 2.05) is 0 Å². The first-order valence-corrected chi connectivity index (χ1v) is 8.27. The van der Waals surface area contributed by atoms with Gasteiger partial charge in [-0.1, -0.05) is 0 Å². The van der Waals surface area contributed by atoms with Crippen LogP contribution in [0.15, 0.2) is 30.3 Å². The minimum absolute atomic E-state index is 0.210. The summed E-state index contributed by atoms with van der Waals surface area (Å²) < 4.78 is 32.0. The van der Waals surface area contributed by atoms with E-state index in [4.69, 9.17) is 28.4 Å². The molecule has 2 aromatic carbocycles. The lowest BCUT2D eigenvalue weighted by atomic mass is 10.1. The molecule has 144 valence electrons. The van der Waals surface area contributed by atoms with Crippen molar-refractivity contribution in [2.24, 2.45) is 0 Å². The van der Waals surface area contributed by atoms with Crippen LogP contribution >= 0.6 is 0 Å². The van der Waals surface area contributed by atoms with Crippen LogP contribution in [0.3, 0.4) is 0 Å². The molecule has 3 rings (SSSR count). The zero-order valence-electron chi connectivity index (χ0n) is 15.4. The summed E-state index contributed by atoms with van der Waals surface area (Å²) in [5.41, 5.74) is 0.346. The number of carbonyl (C=O) groups is 1. The zero-order chi connectivity index (χ0) is 19.2. The van der Waals surface area contributed by atoms with Crippen molar-refractivity contribution in [3.63, 3.8) is 0 Å². The molecular formula is C19H21NO7. The van der Waals surface area contributed by atoms with Gasteiger partial charge in [-0.3, -0.25) is 4.79 Å². The molecular weight excluding hydrogens is 354 g/mol. The number of carbonyl (C=O) groups excluding carboxylic acids is 1. The number of benzene rings is 2. The summed E-state index contributed by atoms with van der Waals surface area (Å²) >= 11 is 0. The molecule has 1 aliphatic rings. The summed E-state index contributed by atoms with van der Waals surface area (Å²) in [6, 6.07) is 8.59. The number of ether oxygens (including phenoxy) is 6. The molecule has 0 bridgehead atoms. The quantitative estimate of drug-likeness (QED) is 0.709. The molecule has 1 N–H and O–H groups in total. The molecule has 0 saturated carbocycles. The van der Waals surface area contributed by atoms with E-state index < -0.39 is 0 Å². The smallest absolute Gasteiger partial charge is 0.255 e. The van der Waals surface area contributed by atoms with Crippen LogP contribution in [0.1, 0.15) is 10.4 Å². The Bertz CT molecular complexity index is 822. The standard InChI is InChI=1S/C19H21NO7/c1-22-15-7-5-13(17(23-2)18(15)24-3)19(21)20-8-9-25-12-4-6-14-16(10-12)27-11-26-14/h4-7,10H,8-9,11H2,1-3H3,(H,20,21). The van der Waals surface area contributed by atoms with Crippen molar-refractivity contribution in [3.8, 4) is 34.5 Å². The third-order valence-corrected chi connectivity index (χ3v) is 3.95. The van der Waals surface area contributed by atoms with Crippen LogP contribution in [0.25, 0.3) is 0 Å². The van der Waals surface area contributed by atoms with E-state index in [2.05, 4.69) is 5.32 Å². The molecule has 8 heteroatoms. The molecule has 8 nitrogen and oxygen atoms in total. The molecule has 0 aromatic heterocycles. The molecule has 0 atom stereocenters. The Labute approximate surface area is 156 Å². The van der Waals surface area contributed by atoms with Crippen molar-refractivity contribution in [1.82, 2.24) is 5.32 Å². The summed E-state index contributed by atoms with van der Waals surface area (Å²) in [4.78, 5) is 12.5. The van der Waals surface area contributed by atoms with Crippen molar-refractivity contribution in [2.75, 3.05) is 41.3 Å². The van der Waals surface area contributed by atoms with Crippen molar-refractivity contribution < 1.29 is 33.2 Å². The number of hydrogen-bond donors (Lipinski definition) is 1. The highest BCUT2D eigenvalue weighted by atomic mass is 16.7. The third-order valence-electron chi connectivity index (χ3n) is 3.95. The number of hydrogen-bond acceptors (Lipinski definition) is 7. The highest BCUT2D eigenvalue weighted by Crippen LogP contribution is 2.39. The van der Waals surface area contributed by atoms with Crippen molar-refractivity contribution >= 4 is 5.91 Å². The predicted molar refractivity (Wildman–Crippen MR) is 96.5 cm³/mol. The molecule has 27 heavy (non-hydrogen) atoms. The Morgan fingerprint density at radius 3 is 2.52 bits per heavy atom. The van der Waals surface area contributed by atoms with Gasteiger partial charge in [0.1, 0.15) is 12.4 Å². The minimum Gasteiger partial charge on any atom is -0.493 e. The maximum atomic E-state index is 12.5. The number of nitrogens with one attached hydrogen (secondary N) is 1. The number of methoxy groups -OCH3 is 3. The highest BCUT2D eigenvalue weighted by molar-refractivity contribution is 5.98. The monoisotopic (exact) mass is 375 g/mol. The molecule has 0 aliphatic carbocycles. The molecule has 1 heterocycles. The van der Waals surface area contributed by atoms with Crippen molar-refractivity contribution in [2.45, 2.75) is 0 Å². The summed E-state index contributed by atoms with van der Waals surface area (Å²) in [5, 5.41) is 2.79. The molecule has 0 fully saturated rings. The average Bonchev–Trinajstić information content (AvgIpc) is 3.17. The van der Waals surface area contributed by atoms with Crippen LogP contribution in [0, 0.1) is 0 Å². The van der Waals surface area contributed by atoms with Crippen molar-refractivity contribution in [1.29, 1.82) is 0 Å². The third kappa shape index (κ3) is 3.94. The van der Waals surface area contributed by atoms with Gasteiger partial charge in [-0.25, -0.2) is 0 Å². The Balaban J connectivity index is 1.58. The van der Waals surface area contributed by atoms with Gasteiger partial charge in [-0.2, -0.15) is 0 Å².